The molecule has 4 nitrogen and oxygen atoms in total. The molecule has 1 aliphatic carbocycles. The highest BCUT2D eigenvalue weighted by molar-refractivity contribution is 9.10. The molecule has 122 valence electrons. The zero-order valence-corrected chi connectivity index (χ0v) is 15.7. The van der Waals surface area contributed by atoms with Crippen LogP contribution in [0.3, 0.4) is 0 Å². The summed E-state index contributed by atoms with van der Waals surface area (Å²) in [6, 6.07) is 7.79. The second kappa shape index (κ2) is 6.26. The zero-order chi connectivity index (χ0) is 16.7. The van der Waals surface area contributed by atoms with Gasteiger partial charge in [-0.1, -0.05) is 34.1 Å². The first-order chi connectivity index (χ1) is 11.6. The number of aryl methyl sites for hydroxylation is 3. The van der Waals surface area contributed by atoms with Crippen molar-refractivity contribution in [2.24, 2.45) is 5.10 Å². The van der Waals surface area contributed by atoms with E-state index in [0.29, 0.717) is 5.82 Å². The summed E-state index contributed by atoms with van der Waals surface area (Å²) in [6.07, 6.45) is 6.09. The van der Waals surface area contributed by atoms with Gasteiger partial charge in [0.15, 0.2) is 0 Å². The fourth-order valence-electron chi connectivity index (χ4n) is 3.13. The van der Waals surface area contributed by atoms with E-state index in [9.17, 15) is 4.79 Å². The summed E-state index contributed by atoms with van der Waals surface area (Å²) >= 11 is 5.17. The molecular formula is C18H16BrN3OS. The van der Waals surface area contributed by atoms with E-state index in [0.717, 1.165) is 39.5 Å². The maximum Gasteiger partial charge on any atom is 0.283 e. The molecule has 1 aliphatic rings. The van der Waals surface area contributed by atoms with Gasteiger partial charge in [0.2, 0.25) is 0 Å². The van der Waals surface area contributed by atoms with Crippen LogP contribution in [0.25, 0.3) is 10.2 Å². The van der Waals surface area contributed by atoms with Gasteiger partial charge in [-0.15, -0.1) is 11.3 Å². The molecule has 0 aliphatic heterocycles. The van der Waals surface area contributed by atoms with Crippen molar-refractivity contribution in [1.82, 2.24) is 9.66 Å². The molecule has 2 aromatic heterocycles. The Bertz CT molecular complexity index is 1020. The van der Waals surface area contributed by atoms with Gasteiger partial charge < -0.3 is 0 Å². The van der Waals surface area contributed by atoms with E-state index in [1.807, 2.05) is 31.2 Å². The van der Waals surface area contributed by atoms with Crippen molar-refractivity contribution in [3.8, 4) is 0 Å². The molecule has 0 atom stereocenters. The summed E-state index contributed by atoms with van der Waals surface area (Å²) in [5.41, 5.74) is 2.07. The molecule has 3 aromatic rings. The molecule has 0 saturated heterocycles. The molecule has 0 radical (unpaired) electrons. The number of nitrogens with zero attached hydrogens (tertiary/aromatic N) is 3. The number of aromatic nitrogens is 2. The molecule has 0 N–H and O–H groups in total. The Labute approximate surface area is 152 Å². The Balaban J connectivity index is 1.87. The predicted molar refractivity (Wildman–Crippen MR) is 102 cm³/mol. The van der Waals surface area contributed by atoms with E-state index in [2.05, 4.69) is 26.0 Å². The van der Waals surface area contributed by atoms with Gasteiger partial charge in [0, 0.05) is 14.9 Å². The average Bonchev–Trinajstić information content (AvgIpc) is 2.94. The van der Waals surface area contributed by atoms with Crippen molar-refractivity contribution in [2.45, 2.75) is 32.6 Å². The Hall–Kier alpha value is -1.79. The lowest BCUT2D eigenvalue weighted by Gasteiger charge is -2.10. The van der Waals surface area contributed by atoms with Crippen molar-refractivity contribution in [3.63, 3.8) is 0 Å². The van der Waals surface area contributed by atoms with Crippen molar-refractivity contribution in [3.05, 3.63) is 60.9 Å². The predicted octanol–water partition coefficient (Wildman–Crippen LogP) is 4.29. The van der Waals surface area contributed by atoms with Crippen molar-refractivity contribution >= 4 is 43.7 Å². The van der Waals surface area contributed by atoms with Crippen LogP contribution in [0.5, 0.6) is 0 Å². The Morgan fingerprint density at radius 1 is 1.29 bits per heavy atom. The van der Waals surface area contributed by atoms with Gasteiger partial charge >= 0.3 is 0 Å². The number of hydrogen-bond acceptors (Lipinski definition) is 4. The Morgan fingerprint density at radius 3 is 2.92 bits per heavy atom. The van der Waals surface area contributed by atoms with Crippen LogP contribution in [0.2, 0.25) is 0 Å². The number of hydrogen-bond donors (Lipinski definition) is 0. The van der Waals surface area contributed by atoms with E-state index in [1.54, 1.807) is 17.6 Å². The third-order valence-electron chi connectivity index (χ3n) is 4.35. The van der Waals surface area contributed by atoms with Crippen LogP contribution in [0, 0.1) is 6.92 Å². The molecule has 0 bridgehead atoms. The van der Waals surface area contributed by atoms with Gasteiger partial charge in [-0.2, -0.15) is 9.78 Å². The number of thiophene rings is 1. The van der Waals surface area contributed by atoms with Gasteiger partial charge in [0.1, 0.15) is 10.7 Å². The molecule has 0 spiro atoms. The smallest absolute Gasteiger partial charge is 0.267 e. The highest BCUT2D eigenvalue weighted by atomic mass is 79.9. The van der Waals surface area contributed by atoms with E-state index in [4.69, 9.17) is 0 Å². The highest BCUT2D eigenvalue weighted by Crippen LogP contribution is 2.33. The molecule has 2 heterocycles. The van der Waals surface area contributed by atoms with Crippen LogP contribution >= 0.6 is 27.3 Å². The van der Waals surface area contributed by atoms with Gasteiger partial charge in [-0.05, 0) is 44.2 Å². The van der Waals surface area contributed by atoms with Crippen molar-refractivity contribution in [2.75, 3.05) is 0 Å². The second-order valence-electron chi connectivity index (χ2n) is 5.93. The van der Waals surface area contributed by atoms with Crippen LogP contribution in [0.1, 0.15) is 34.7 Å². The maximum atomic E-state index is 13.0. The molecule has 1 aromatic carbocycles. The van der Waals surface area contributed by atoms with E-state index in [1.165, 1.54) is 21.5 Å². The summed E-state index contributed by atoms with van der Waals surface area (Å²) in [5.74, 6) is 0.620. The molecule has 0 unspecified atom stereocenters. The number of benzene rings is 1. The summed E-state index contributed by atoms with van der Waals surface area (Å²) in [7, 11) is 0. The minimum Gasteiger partial charge on any atom is -0.267 e. The first-order valence-corrected chi connectivity index (χ1v) is 9.59. The zero-order valence-electron chi connectivity index (χ0n) is 13.3. The van der Waals surface area contributed by atoms with Crippen LogP contribution in [-0.2, 0) is 12.8 Å². The SMILES string of the molecule is Cc1nc2sc3c(c2c(=O)n1/N=C\c1ccccc1Br)CCCC3. The summed E-state index contributed by atoms with van der Waals surface area (Å²) < 4.78 is 2.37. The van der Waals surface area contributed by atoms with Crippen molar-refractivity contribution in [1.29, 1.82) is 0 Å². The minimum atomic E-state index is -0.0554. The molecule has 0 fully saturated rings. The molecule has 4 rings (SSSR count). The fraction of sp³-hybridized carbons (Fsp3) is 0.278. The Morgan fingerprint density at radius 2 is 2.08 bits per heavy atom. The second-order valence-corrected chi connectivity index (χ2v) is 7.87. The molecule has 0 saturated carbocycles. The van der Waals surface area contributed by atoms with E-state index >= 15 is 0 Å². The maximum absolute atomic E-state index is 13.0. The van der Waals surface area contributed by atoms with Crippen molar-refractivity contribution < 1.29 is 0 Å². The lowest BCUT2D eigenvalue weighted by Crippen LogP contribution is -2.21. The Kier molecular flexibility index (Phi) is 4.10. The lowest BCUT2D eigenvalue weighted by atomic mass is 9.97. The van der Waals surface area contributed by atoms with Crippen LogP contribution in [0.4, 0.5) is 0 Å². The van der Waals surface area contributed by atoms with Crippen LogP contribution < -0.4 is 5.56 Å². The molecule has 0 amide bonds. The van der Waals surface area contributed by atoms with Crippen LogP contribution in [0.15, 0.2) is 38.6 Å². The van der Waals surface area contributed by atoms with Gasteiger partial charge in [0.05, 0.1) is 11.6 Å². The summed E-state index contributed by atoms with van der Waals surface area (Å²) in [6.45, 7) is 1.83. The molecule has 24 heavy (non-hydrogen) atoms. The topological polar surface area (TPSA) is 47.2 Å². The third kappa shape index (κ3) is 2.63. The van der Waals surface area contributed by atoms with Gasteiger partial charge in [0.25, 0.3) is 5.56 Å². The first kappa shape index (κ1) is 15.7. The van der Waals surface area contributed by atoms with E-state index < -0.39 is 0 Å². The minimum absolute atomic E-state index is 0.0554. The lowest BCUT2D eigenvalue weighted by molar-refractivity contribution is 0.698. The number of fused-ring (bicyclic) bond motifs is 3. The molecular weight excluding hydrogens is 386 g/mol. The highest BCUT2D eigenvalue weighted by Gasteiger charge is 2.21. The van der Waals surface area contributed by atoms with Gasteiger partial charge in [-0.25, -0.2) is 4.98 Å². The first-order valence-electron chi connectivity index (χ1n) is 7.98. The number of rotatable bonds is 2. The largest absolute Gasteiger partial charge is 0.283 e. The monoisotopic (exact) mass is 401 g/mol. The molecule has 6 heteroatoms. The van der Waals surface area contributed by atoms with Gasteiger partial charge in [-0.3, -0.25) is 4.79 Å². The average molecular weight is 402 g/mol. The quantitative estimate of drug-likeness (QED) is 0.601. The normalized spacial score (nSPS) is 14.4. The van der Waals surface area contributed by atoms with Crippen LogP contribution in [-0.4, -0.2) is 15.9 Å². The summed E-state index contributed by atoms with van der Waals surface area (Å²) in [4.78, 5) is 19.8. The standard InChI is InChI=1S/C18H16BrN3OS/c1-11-21-17-16(13-7-3-5-9-15(13)24-17)18(23)22(11)20-10-12-6-2-4-8-14(12)19/h2,4,6,8,10H,3,5,7,9H2,1H3/b20-10-. The third-order valence-corrected chi connectivity index (χ3v) is 6.25. The number of halogens is 1. The van der Waals surface area contributed by atoms with E-state index in [-0.39, 0.29) is 5.56 Å². The summed E-state index contributed by atoms with van der Waals surface area (Å²) in [5, 5.41) is 5.17. The fourth-order valence-corrected chi connectivity index (χ4v) is 4.82.